The molecule has 2 aromatic heterocycles. The van der Waals surface area contributed by atoms with Crippen LogP contribution in [0.1, 0.15) is 348 Å². The van der Waals surface area contributed by atoms with Crippen molar-refractivity contribution in [3.63, 3.8) is 0 Å². The number of carboxylic acid groups (broad SMARTS) is 1. The number of carboxylic acids is 1. The SMILES string of the molecule is Br.CC(C)(C)CC[C@H](c1ccc(C(=O)NCc2nn[nH]n2)cc1)N1C(=O)C(c2cc(Cl)cc(Cl)c2)=NC12CCC(C(C)(C)C)CC2.CC(C)(C)CC[C@H](c1ccc(C(=O)O)cc1)N1C(=O)C(c2cc(Cl)cc(Cl)c2)=NC12CCC(C(C)(C)C)CC2.CC(C)OC(=O)c1ccc([C@@H](CCC(C)(C)C)N2C(=O)C(c3cc(Cl)cc(Cl)c3)=NC23CCC(C(C)(C)C)CC3)cc1.NCc1nn[nH]n1.[Na+].[OH-]. The standard InChI is InChI=1S/C35H46Cl2N2O3.C34H43Cl2N7O2.C32H40Cl2N2O3.C2H5N5.BrH.Na.H2O/c1-22(2)42-32(41)24-11-9-23(10-12-24)29(15-16-33(3,4)5)39-31(40)30(25-19-27(36)21-28(37)20-25)38-35(39)17-13-26(14-18-35)34(6,7)8;1-32(2,3)14-13-27(21-7-9-22(10-8-21)30(44)37-20-28-39-41-42-40-28)43-31(45)29(23-17-25(35)19-26(36)18-23)38-34(43)15-11-24(12-16-34)33(4,5)6;1-30(2,3)14-13-26(20-7-9-21(10-8-20)29(38)39)36-28(37)27(22-17-24(33)19-25(34)18-22)35-32(36)15-11-23(12-16-32)31(4,5)6;3-1-2-4-6-7-5-2;;;/h9-12,19-22,26,29H,13-18H2,1-8H3;7-10,17-19,24,27H,11-16,20H2,1-6H3,(H,37,44)(H,39,40,41,42);7-10,17-19,23,26H,11-16H2,1-6H3,(H,38,39);1,3H2,(H,4,5,6,7);1H;;1H2/q;;;;;+1;/p-1/t26?,29-,35?;24?,27-,34?;23?,26-,32?;;;;/m111..../s1. The zero-order chi connectivity index (χ0) is 97.5. The van der Waals surface area contributed by atoms with Crippen molar-refractivity contribution in [3.05, 3.63) is 219 Å². The number of hydrogen-bond acceptors (Lipinski definition) is 18. The summed E-state index contributed by atoms with van der Waals surface area (Å²) in [4.78, 5) is 103. The number of carbonyl (C=O) groups is 6. The van der Waals surface area contributed by atoms with Crippen molar-refractivity contribution in [3.8, 4) is 0 Å². The maximum atomic E-state index is 14.6. The van der Waals surface area contributed by atoms with Crippen LogP contribution in [-0.2, 0) is 32.2 Å². The molecule has 3 aliphatic carbocycles. The third-order valence-electron chi connectivity index (χ3n) is 26.8. The zero-order valence-electron chi connectivity index (χ0n) is 82.7. The van der Waals surface area contributed by atoms with Crippen molar-refractivity contribution in [1.82, 2.24) is 61.3 Å². The smallest absolute Gasteiger partial charge is 0.870 e. The van der Waals surface area contributed by atoms with E-state index in [-0.39, 0.29) is 150 Å². The average Bonchev–Trinajstić information content (AvgIpc) is 1.59. The first-order valence-corrected chi connectivity index (χ1v) is 48.8. The molecule has 6 aromatic carbocycles. The predicted molar refractivity (Wildman–Crippen MR) is 543 cm³/mol. The molecule has 4 amide bonds. The molecule has 3 aliphatic heterocycles. The van der Waals surface area contributed by atoms with Crippen LogP contribution in [0.4, 0.5) is 0 Å². The van der Waals surface area contributed by atoms with Crippen LogP contribution in [0.3, 0.4) is 0 Å². The number of amides is 4. The monoisotopic (exact) mass is 2050 g/mol. The topological polar surface area (TPSA) is 356 Å². The molecule has 136 heavy (non-hydrogen) atoms. The Morgan fingerprint density at radius 1 is 0.449 bits per heavy atom. The van der Waals surface area contributed by atoms with Crippen molar-refractivity contribution in [2.45, 2.75) is 308 Å². The predicted octanol–water partition coefficient (Wildman–Crippen LogP) is 22.1. The van der Waals surface area contributed by atoms with Gasteiger partial charge in [0.1, 0.15) is 34.1 Å². The van der Waals surface area contributed by atoms with Crippen LogP contribution in [-0.4, -0.2) is 142 Å². The van der Waals surface area contributed by atoms with Gasteiger partial charge < -0.3 is 41.1 Å². The van der Waals surface area contributed by atoms with Crippen LogP contribution >= 0.6 is 86.6 Å². The molecule has 0 bridgehead atoms. The molecule has 7 N–H and O–H groups in total. The molecule has 14 rings (SSSR count). The van der Waals surface area contributed by atoms with Gasteiger partial charge in [0, 0.05) is 52.4 Å². The number of hydrogen-bond donors (Lipinski definition) is 5. The first-order valence-electron chi connectivity index (χ1n) is 46.5. The maximum Gasteiger partial charge on any atom is 1.00 e. The minimum absolute atomic E-state index is 0. The molecule has 25 nitrogen and oxygen atoms in total. The van der Waals surface area contributed by atoms with E-state index >= 15 is 0 Å². The summed E-state index contributed by atoms with van der Waals surface area (Å²) >= 11 is 38.3. The molecule has 0 radical (unpaired) electrons. The summed E-state index contributed by atoms with van der Waals surface area (Å²) in [6.07, 6.45) is 15.4. The van der Waals surface area contributed by atoms with Gasteiger partial charge in [-0.3, -0.25) is 34.2 Å². The summed E-state index contributed by atoms with van der Waals surface area (Å²) < 4.78 is 5.41. The third kappa shape index (κ3) is 29.3. The molecule has 6 aliphatic rings. The van der Waals surface area contributed by atoms with E-state index in [9.17, 15) is 33.9 Å². The number of carbonyl (C=O) groups excluding carboxylic acids is 5. The number of aromatic carboxylic acids is 1. The number of H-pyrrole nitrogens is 2. The maximum absolute atomic E-state index is 14.6. The second kappa shape index (κ2) is 46.9. The van der Waals surface area contributed by atoms with E-state index in [1.807, 2.05) is 84.3 Å². The number of halogens is 7. The van der Waals surface area contributed by atoms with Crippen molar-refractivity contribution >= 4 is 139 Å². The van der Waals surface area contributed by atoms with Crippen LogP contribution < -0.4 is 40.6 Å². The molecule has 0 saturated heterocycles. The fourth-order valence-electron chi connectivity index (χ4n) is 19.3. The molecular formula is C103H136BrCl6N16NaO9. The fraction of sp³-hybridized carbons (Fsp3) is 0.544. The van der Waals surface area contributed by atoms with Gasteiger partial charge in [-0.05, 0) is 287 Å². The van der Waals surface area contributed by atoms with Crippen molar-refractivity contribution in [2.24, 2.45) is 71.0 Å². The molecular weight excluding hydrogens is 1920 g/mol. The molecule has 3 spiro atoms. The second-order valence-electron chi connectivity index (χ2n) is 43.8. The van der Waals surface area contributed by atoms with E-state index < -0.39 is 23.0 Å². The van der Waals surface area contributed by atoms with E-state index in [1.54, 1.807) is 66.7 Å². The van der Waals surface area contributed by atoms with Gasteiger partial charge in [0.15, 0.2) is 11.6 Å². The quantitative estimate of drug-likeness (QED) is 0.0311. The largest absolute Gasteiger partial charge is 1.00 e. The average molecular weight is 2060 g/mol. The van der Waals surface area contributed by atoms with Crippen molar-refractivity contribution in [2.75, 3.05) is 0 Å². The minimum atomic E-state index is -0.967. The normalized spacial score (nSPS) is 20.9. The second-order valence-corrected chi connectivity index (χ2v) is 46.4. The van der Waals surface area contributed by atoms with E-state index in [0.29, 0.717) is 111 Å². The molecule has 732 valence electrons. The Morgan fingerprint density at radius 2 is 0.721 bits per heavy atom. The molecule has 5 heterocycles. The van der Waals surface area contributed by atoms with Crippen LogP contribution in [0.15, 0.2) is 142 Å². The van der Waals surface area contributed by atoms with Gasteiger partial charge in [-0.25, -0.2) is 9.59 Å². The van der Waals surface area contributed by atoms with Crippen molar-refractivity contribution in [1.29, 1.82) is 0 Å². The van der Waals surface area contributed by atoms with Crippen LogP contribution in [0, 0.1) is 50.2 Å². The van der Waals surface area contributed by atoms with E-state index in [2.05, 4.69) is 176 Å². The van der Waals surface area contributed by atoms with Gasteiger partial charge in [0.2, 0.25) is 0 Å². The Labute approximate surface area is 865 Å². The van der Waals surface area contributed by atoms with Gasteiger partial charge in [0.25, 0.3) is 23.6 Å². The third-order valence-corrected chi connectivity index (χ3v) is 28.1. The van der Waals surface area contributed by atoms with Gasteiger partial charge in [-0.1, -0.05) is 241 Å². The molecule has 33 heteroatoms. The number of tetrazole rings is 2. The molecule has 3 fully saturated rings. The number of nitrogens with zero attached hydrogens (tertiary/aromatic N) is 12. The van der Waals surface area contributed by atoms with Crippen LogP contribution in [0.2, 0.25) is 30.1 Å². The first-order chi connectivity index (χ1) is 62.2. The van der Waals surface area contributed by atoms with Crippen LogP contribution in [0.5, 0.6) is 0 Å². The number of aromatic nitrogens is 8. The van der Waals surface area contributed by atoms with Gasteiger partial charge >= 0.3 is 41.5 Å². The number of nitrogens with one attached hydrogen (secondary N) is 3. The molecule has 3 atom stereocenters. The number of ether oxygens (including phenoxy) is 1. The van der Waals surface area contributed by atoms with Crippen molar-refractivity contribution < 1.29 is 73.6 Å². The number of nitrogens with two attached hydrogens (primary N) is 1. The van der Waals surface area contributed by atoms with E-state index in [0.717, 1.165) is 132 Å². The summed E-state index contributed by atoms with van der Waals surface area (Å²) in [5, 5.41) is 41.5. The minimum Gasteiger partial charge on any atom is -0.870 e. The van der Waals surface area contributed by atoms with Crippen LogP contribution in [0.25, 0.3) is 0 Å². The Balaban J connectivity index is 0.000000239. The number of rotatable bonds is 22. The number of aliphatic imine (C=N–C) groups is 3. The Bertz CT molecular complexity index is 5440. The van der Waals surface area contributed by atoms with Gasteiger partial charge in [-0.15, -0.1) is 37.4 Å². The van der Waals surface area contributed by atoms with E-state index in [1.165, 1.54) is 0 Å². The summed E-state index contributed by atoms with van der Waals surface area (Å²) in [7, 11) is 0. The number of esters is 1. The Hall–Kier alpha value is -7.57. The Morgan fingerprint density at radius 3 is 0.956 bits per heavy atom. The molecule has 3 saturated carbocycles. The summed E-state index contributed by atoms with van der Waals surface area (Å²) in [6, 6.07) is 37.0. The molecule has 0 unspecified atom stereocenters. The van der Waals surface area contributed by atoms with Gasteiger partial charge in [-0.2, -0.15) is 10.4 Å². The van der Waals surface area contributed by atoms with E-state index in [4.69, 9.17) is 95.1 Å². The number of aromatic amines is 2. The summed E-state index contributed by atoms with van der Waals surface area (Å²) in [6.45, 7) is 44.7. The molecule has 8 aromatic rings. The van der Waals surface area contributed by atoms with Gasteiger partial charge in [0.05, 0.1) is 48.4 Å². The zero-order valence-corrected chi connectivity index (χ0v) is 90.9. The number of benzene rings is 6. The fourth-order valence-corrected chi connectivity index (χ4v) is 20.9. The first kappa shape index (κ1) is 114. The Kier molecular flexibility index (Phi) is 39.2. The summed E-state index contributed by atoms with van der Waals surface area (Å²) in [5.41, 5.74) is 11.1. The summed E-state index contributed by atoms with van der Waals surface area (Å²) in [5.74, 6) is 0.705.